The van der Waals surface area contributed by atoms with Crippen LogP contribution in [0, 0.1) is 0 Å². The maximum atomic E-state index is 11.4. The minimum Gasteiger partial charge on any atom is -0.494 e. The number of nitrogens with zero attached hydrogens (tertiary/aromatic N) is 2. The van der Waals surface area contributed by atoms with E-state index in [1.807, 2.05) is 0 Å². The molecule has 26 heavy (non-hydrogen) atoms. The summed E-state index contributed by atoms with van der Waals surface area (Å²) in [6, 6.07) is 6.66. The van der Waals surface area contributed by atoms with Crippen LogP contribution in [0.1, 0.15) is 68.6 Å². The molecule has 140 valence electrons. The summed E-state index contributed by atoms with van der Waals surface area (Å²) in [5.41, 5.74) is 0.655. The van der Waals surface area contributed by atoms with E-state index in [0.717, 1.165) is 12.8 Å². The quantitative estimate of drug-likeness (QED) is 0.518. The molecule has 0 atom stereocenters. The third-order valence-electron chi connectivity index (χ3n) is 4.29. The number of carbonyl (C=O) groups is 1. The van der Waals surface area contributed by atoms with Gasteiger partial charge in [0.1, 0.15) is 5.75 Å². The molecule has 1 N–H and O–H groups in total. The van der Waals surface area contributed by atoms with Crippen LogP contribution in [0.4, 0.5) is 0 Å². The van der Waals surface area contributed by atoms with Crippen LogP contribution >= 0.6 is 0 Å². The molecule has 0 aliphatic rings. The summed E-state index contributed by atoms with van der Waals surface area (Å²) in [5.74, 6) is 0.0462. The Morgan fingerprint density at radius 3 is 2.31 bits per heavy atom. The molecule has 0 unspecified atom stereocenters. The first-order valence-corrected chi connectivity index (χ1v) is 9.50. The van der Waals surface area contributed by atoms with Crippen molar-refractivity contribution in [2.75, 3.05) is 6.61 Å². The van der Waals surface area contributed by atoms with Gasteiger partial charge >= 0.3 is 5.97 Å². The Morgan fingerprint density at radius 1 is 1.00 bits per heavy atom. The second-order valence-electron chi connectivity index (χ2n) is 6.41. The Balaban J connectivity index is 1.84. The van der Waals surface area contributed by atoms with E-state index in [-0.39, 0.29) is 5.56 Å². The number of unbranched alkanes of at least 4 members (excludes halogenated alkanes) is 7. The van der Waals surface area contributed by atoms with Gasteiger partial charge in [-0.25, -0.2) is 14.8 Å². The van der Waals surface area contributed by atoms with Gasteiger partial charge in [-0.15, -0.1) is 0 Å². The molecule has 0 spiro atoms. The Hall–Kier alpha value is -2.43. The molecular formula is C21H28N2O3. The molecule has 0 saturated carbocycles. The smallest absolute Gasteiger partial charge is 0.336 e. The van der Waals surface area contributed by atoms with E-state index in [9.17, 15) is 9.90 Å². The Bertz CT molecular complexity index is 674. The maximum Gasteiger partial charge on any atom is 0.336 e. The van der Waals surface area contributed by atoms with Gasteiger partial charge in [-0.05, 0) is 30.7 Å². The highest BCUT2D eigenvalue weighted by molar-refractivity contribution is 5.95. The van der Waals surface area contributed by atoms with Crippen molar-refractivity contribution in [3.8, 4) is 17.1 Å². The fourth-order valence-electron chi connectivity index (χ4n) is 2.85. The molecule has 0 bridgehead atoms. The Labute approximate surface area is 155 Å². The van der Waals surface area contributed by atoms with Crippen molar-refractivity contribution in [1.82, 2.24) is 9.97 Å². The minimum atomic E-state index is -0.998. The molecule has 1 heterocycles. The minimum absolute atomic E-state index is 0.177. The van der Waals surface area contributed by atoms with E-state index in [0.29, 0.717) is 23.7 Å². The monoisotopic (exact) mass is 356 g/mol. The van der Waals surface area contributed by atoms with Gasteiger partial charge in [0.25, 0.3) is 0 Å². The van der Waals surface area contributed by atoms with Crippen molar-refractivity contribution in [1.29, 1.82) is 0 Å². The number of aromatic nitrogens is 2. The van der Waals surface area contributed by atoms with Gasteiger partial charge in [-0.1, -0.05) is 51.9 Å². The lowest BCUT2D eigenvalue weighted by Gasteiger charge is -2.10. The highest BCUT2D eigenvalue weighted by Gasteiger charge is 2.14. The molecule has 0 fully saturated rings. The average molecular weight is 356 g/mol. The summed E-state index contributed by atoms with van der Waals surface area (Å²) >= 11 is 0. The number of ether oxygens (including phenoxy) is 1. The van der Waals surface area contributed by atoms with Gasteiger partial charge in [0, 0.05) is 18.0 Å². The maximum absolute atomic E-state index is 11.4. The molecule has 5 heteroatoms. The molecule has 1 aromatic heterocycles. The number of hydrogen-bond acceptors (Lipinski definition) is 4. The molecular weight excluding hydrogens is 328 g/mol. The van der Waals surface area contributed by atoms with E-state index in [2.05, 4.69) is 16.9 Å². The van der Waals surface area contributed by atoms with Crippen molar-refractivity contribution in [2.24, 2.45) is 0 Å². The van der Waals surface area contributed by atoms with Gasteiger partial charge in [0.2, 0.25) is 0 Å². The van der Waals surface area contributed by atoms with E-state index < -0.39 is 5.97 Å². The summed E-state index contributed by atoms with van der Waals surface area (Å²) in [7, 11) is 0. The zero-order chi connectivity index (χ0) is 18.6. The second-order valence-corrected chi connectivity index (χ2v) is 6.41. The van der Waals surface area contributed by atoms with Crippen LogP contribution in [-0.2, 0) is 0 Å². The van der Waals surface area contributed by atoms with Crippen molar-refractivity contribution in [2.45, 2.75) is 58.3 Å². The SMILES string of the molecule is CCCCCCCCCCOc1ccc(C(=O)O)c(-c2ncccn2)c1. The molecule has 2 aromatic rings. The number of rotatable bonds is 12. The van der Waals surface area contributed by atoms with Crippen molar-refractivity contribution in [3.05, 3.63) is 42.2 Å². The van der Waals surface area contributed by atoms with Crippen LogP contribution in [0.2, 0.25) is 0 Å². The van der Waals surface area contributed by atoms with Gasteiger partial charge in [0.05, 0.1) is 12.2 Å². The normalized spacial score (nSPS) is 10.7. The Morgan fingerprint density at radius 2 is 1.65 bits per heavy atom. The second kappa shape index (κ2) is 11.2. The van der Waals surface area contributed by atoms with Crippen LogP contribution in [0.15, 0.2) is 36.7 Å². The summed E-state index contributed by atoms with van der Waals surface area (Å²) in [5, 5.41) is 9.37. The Kier molecular flexibility index (Phi) is 8.60. The highest BCUT2D eigenvalue weighted by atomic mass is 16.5. The zero-order valence-corrected chi connectivity index (χ0v) is 15.5. The third-order valence-corrected chi connectivity index (χ3v) is 4.29. The lowest BCUT2D eigenvalue weighted by Crippen LogP contribution is -2.03. The molecule has 1 aromatic carbocycles. The van der Waals surface area contributed by atoms with Gasteiger partial charge in [0.15, 0.2) is 5.82 Å². The van der Waals surface area contributed by atoms with Crippen molar-refractivity contribution in [3.63, 3.8) is 0 Å². The van der Waals surface area contributed by atoms with E-state index >= 15 is 0 Å². The lowest BCUT2D eigenvalue weighted by molar-refractivity contribution is 0.0697. The molecule has 0 aliphatic carbocycles. The van der Waals surface area contributed by atoms with Crippen LogP contribution in [0.3, 0.4) is 0 Å². The van der Waals surface area contributed by atoms with Crippen LogP contribution in [0.5, 0.6) is 5.75 Å². The molecule has 2 rings (SSSR count). The number of carboxylic acids is 1. The highest BCUT2D eigenvalue weighted by Crippen LogP contribution is 2.25. The molecule has 5 nitrogen and oxygen atoms in total. The van der Waals surface area contributed by atoms with Gasteiger partial charge < -0.3 is 9.84 Å². The van der Waals surface area contributed by atoms with Crippen LogP contribution in [-0.4, -0.2) is 27.7 Å². The predicted molar refractivity (Wildman–Crippen MR) is 103 cm³/mol. The largest absolute Gasteiger partial charge is 0.494 e. The predicted octanol–water partition coefficient (Wildman–Crippen LogP) is 5.36. The van der Waals surface area contributed by atoms with Crippen LogP contribution in [0.25, 0.3) is 11.4 Å². The summed E-state index contributed by atoms with van der Waals surface area (Å²) < 4.78 is 5.80. The van der Waals surface area contributed by atoms with Crippen LogP contribution < -0.4 is 4.74 Å². The first kappa shape index (κ1) is 19.9. The number of hydrogen-bond donors (Lipinski definition) is 1. The number of aromatic carboxylic acids is 1. The summed E-state index contributed by atoms with van der Waals surface area (Å²) in [6.07, 6.45) is 13.2. The topological polar surface area (TPSA) is 72.3 Å². The number of benzene rings is 1. The number of carboxylic acid groups (broad SMARTS) is 1. The molecule has 0 saturated heterocycles. The van der Waals surface area contributed by atoms with E-state index in [4.69, 9.17) is 4.74 Å². The van der Waals surface area contributed by atoms with Gasteiger partial charge in [-0.2, -0.15) is 0 Å². The molecule has 0 amide bonds. The van der Waals surface area contributed by atoms with E-state index in [1.54, 1.807) is 36.7 Å². The molecule has 0 radical (unpaired) electrons. The zero-order valence-electron chi connectivity index (χ0n) is 15.5. The van der Waals surface area contributed by atoms with E-state index in [1.165, 1.54) is 38.5 Å². The average Bonchev–Trinajstić information content (AvgIpc) is 2.67. The molecule has 0 aliphatic heterocycles. The standard InChI is InChI=1S/C21H28N2O3/c1-2-3-4-5-6-7-8-9-15-26-17-11-12-18(21(24)25)19(16-17)20-22-13-10-14-23-20/h10-14,16H,2-9,15H2,1H3,(H,24,25). The fourth-order valence-corrected chi connectivity index (χ4v) is 2.85. The van der Waals surface area contributed by atoms with Gasteiger partial charge in [-0.3, -0.25) is 0 Å². The fraction of sp³-hybridized carbons (Fsp3) is 0.476. The third kappa shape index (κ3) is 6.47. The summed E-state index contributed by atoms with van der Waals surface area (Å²) in [4.78, 5) is 19.7. The summed E-state index contributed by atoms with van der Waals surface area (Å²) in [6.45, 7) is 2.87. The lowest BCUT2D eigenvalue weighted by atomic mass is 10.1. The van der Waals surface area contributed by atoms with Crippen molar-refractivity contribution >= 4 is 5.97 Å². The van der Waals surface area contributed by atoms with Crippen molar-refractivity contribution < 1.29 is 14.6 Å². The first-order valence-electron chi connectivity index (χ1n) is 9.50. The first-order chi connectivity index (χ1) is 12.7.